The number of carbonyl (C=O) groups excluding carboxylic acids is 1. The lowest BCUT2D eigenvalue weighted by molar-refractivity contribution is -0.121. The topological polar surface area (TPSA) is 63.1 Å². The van der Waals surface area contributed by atoms with Gasteiger partial charge in [0.05, 0.1) is 6.04 Å². The highest BCUT2D eigenvalue weighted by Gasteiger charge is 2.31. The number of nitrogens with zero attached hydrogens (tertiary/aromatic N) is 4. The van der Waals surface area contributed by atoms with Gasteiger partial charge in [-0.15, -0.1) is 11.3 Å². The van der Waals surface area contributed by atoms with Gasteiger partial charge in [0.1, 0.15) is 5.82 Å². The van der Waals surface area contributed by atoms with Crippen LogP contribution in [0.25, 0.3) is 0 Å². The largest absolute Gasteiger partial charge is 0.332 e. The molecule has 0 saturated carbocycles. The van der Waals surface area contributed by atoms with Crippen LogP contribution in [0, 0.1) is 0 Å². The summed E-state index contributed by atoms with van der Waals surface area (Å²) in [5.74, 6) is 1.68. The number of hydrogen-bond donors (Lipinski definition) is 1. The highest BCUT2D eigenvalue weighted by Crippen LogP contribution is 2.30. The van der Waals surface area contributed by atoms with Crippen molar-refractivity contribution in [2.75, 3.05) is 18.4 Å². The van der Waals surface area contributed by atoms with E-state index in [0.717, 1.165) is 38.9 Å². The van der Waals surface area contributed by atoms with Crippen LogP contribution in [-0.2, 0) is 17.8 Å². The minimum atomic E-state index is -0.150. The molecule has 2 atom stereocenters. The summed E-state index contributed by atoms with van der Waals surface area (Å²) in [6.45, 7) is 4.97. The number of piperidine rings is 1. The van der Waals surface area contributed by atoms with E-state index in [1.54, 1.807) is 6.20 Å². The molecule has 134 valence electrons. The van der Waals surface area contributed by atoms with E-state index in [2.05, 4.69) is 26.0 Å². The van der Waals surface area contributed by atoms with Crippen LogP contribution >= 0.6 is 11.3 Å². The number of imidazole rings is 1. The second-order valence-corrected chi connectivity index (χ2v) is 7.95. The standard InChI is InChI=1S/C18H25N5OS/c1-13(17(24)21-18-19-7-10-25-18)22-8-4-5-14(12-22)16-20-11-15-6-2-3-9-23(15)16/h7,10-11,13-14H,2-6,8-9,12H2,1H3,(H,19,21,24). The normalized spacial score (nSPS) is 22.4. The number of anilines is 1. The number of amides is 1. The summed E-state index contributed by atoms with van der Waals surface area (Å²) in [6, 6.07) is -0.150. The number of likely N-dealkylation sites (tertiary alicyclic amines) is 1. The van der Waals surface area contributed by atoms with Gasteiger partial charge in [0.2, 0.25) is 5.91 Å². The zero-order valence-corrected chi connectivity index (χ0v) is 15.5. The predicted molar refractivity (Wildman–Crippen MR) is 98.9 cm³/mol. The first kappa shape index (κ1) is 16.7. The van der Waals surface area contributed by atoms with Gasteiger partial charge in [-0.25, -0.2) is 9.97 Å². The van der Waals surface area contributed by atoms with Crippen molar-refractivity contribution in [2.24, 2.45) is 0 Å². The van der Waals surface area contributed by atoms with E-state index in [4.69, 9.17) is 4.98 Å². The molecular weight excluding hydrogens is 334 g/mol. The minimum absolute atomic E-state index is 0.0285. The van der Waals surface area contributed by atoms with Crippen molar-refractivity contribution in [1.82, 2.24) is 19.4 Å². The first-order valence-corrected chi connectivity index (χ1v) is 10.1. The Morgan fingerprint density at radius 2 is 2.24 bits per heavy atom. The molecule has 0 aliphatic carbocycles. The van der Waals surface area contributed by atoms with Crippen molar-refractivity contribution in [3.63, 3.8) is 0 Å². The molecule has 25 heavy (non-hydrogen) atoms. The molecule has 7 heteroatoms. The second kappa shape index (κ2) is 7.25. The summed E-state index contributed by atoms with van der Waals surface area (Å²) in [5.41, 5.74) is 1.38. The monoisotopic (exact) mass is 359 g/mol. The van der Waals surface area contributed by atoms with Crippen molar-refractivity contribution in [2.45, 2.75) is 57.5 Å². The lowest BCUT2D eigenvalue weighted by Gasteiger charge is -2.36. The van der Waals surface area contributed by atoms with E-state index in [0.29, 0.717) is 11.0 Å². The van der Waals surface area contributed by atoms with E-state index < -0.39 is 0 Å². The number of hydrogen-bond acceptors (Lipinski definition) is 5. The average molecular weight is 359 g/mol. The molecular formula is C18H25N5OS. The van der Waals surface area contributed by atoms with Crippen LogP contribution in [0.1, 0.15) is 50.0 Å². The quantitative estimate of drug-likeness (QED) is 0.912. The molecule has 0 bridgehead atoms. The molecule has 1 amide bonds. The zero-order chi connectivity index (χ0) is 17.2. The zero-order valence-electron chi connectivity index (χ0n) is 14.6. The first-order valence-electron chi connectivity index (χ1n) is 9.21. The molecule has 0 spiro atoms. The number of carbonyl (C=O) groups is 1. The molecule has 1 fully saturated rings. The second-order valence-electron chi connectivity index (χ2n) is 7.05. The summed E-state index contributed by atoms with van der Waals surface area (Å²) in [5, 5.41) is 5.47. The van der Waals surface area contributed by atoms with Crippen LogP contribution in [0.5, 0.6) is 0 Å². The maximum Gasteiger partial charge on any atom is 0.243 e. The fourth-order valence-corrected chi connectivity index (χ4v) is 4.55. The maximum atomic E-state index is 12.5. The third-order valence-corrected chi connectivity index (χ3v) is 6.13. The Bertz CT molecular complexity index is 726. The average Bonchev–Trinajstić information content (AvgIpc) is 3.30. The van der Waals surface area contributed by atoms with Crippen molar-refractivity contribution in [1.29, 1.82) is 0 Å². The molecule has 4 rings (SSSR count). The molecule has 2 aliphatic rings. The molecule has 6 nitrogen and oxygen atoms in total. The fraction of sp³-hybridized carbons (Fsp3) is 0.611. The number of rotatable bonds is 4. The summed E-state index contributed by atoms with van der Waals surface area (Å²) < 4.78 is 2.43. The maximum absolute atomic E-state index is 12.5. The Morgan fingerprint density at radius 1 is 1.32 bits per heavy atom. The van der Waals surface area contributed by atoms with Gasteiger partial charge in [-0.3, -0.25) is 9.69 Å². The molecule has 2 aliphatic heterocycles. The minimum Gasteiger partial charge on any atom is -0.332 e. The van der Waals surface area contributed by atoms with Gasteiger partial charge < -0.3 is 9.88 Å². The molecule has 0 aromatic carbocycles. The number of fused-ring (bicyclic) bond motifs is 1. The molecule has 2 unspecified atom stereocenters. The van der Waals surface area contributed by atoms with Gasteiger partial charge >= 0.3 is 0 Å². The first-order chi connectivity index (χ1) is 12.2. The van der Waals surface area contributed by atoms with Gasteiger partial charge in [0.25, 0.3) is 0 Å². The lowest BCUT2D eigenvalue weighted by atomic mass is 9.95. The van der Waals surface area contributed by atoms with Gasteiger partial charge in [-0.2, -0.15) is 0 Å². The number of aromatic nitrogens is 3. The molecule has 4 heterocycles. The van der Waals surface area contributed by atoms with Crippen LogP contribution in [0.2, 0.25) is 0 Å². The Hall–Kier alpha value is -1.73. The van der Waals surface area contributed by atoms with Gasteiger partial charge in [-0.1, -0.05) is 0 Å². The Balaban J connectivity index is 1.44. The van der Waals surface area contributed by atoms with E-state index in [-0.39, 0.29) is 11.9 Å². The highest BCUT2D eigenvalue weighted by molar-refractivity contribution is 7.13. The van der Waals surface area contributed by atoms with E-state index >= 15 is 0 Å². The fourth-order valence-electron chi connectivity index (χ4n) is 4.02. The third kappa shape index (κ3) is 3.48. The number of nitrogens with one attached hydrogen (secondary N) is 1. The summed E-state index contributed by atoms with van der Waals surface area (Å²) in [4.78, 5) is 23.7. The van der Waals surface area contributed by atoms with Crippen molar-refractivity contribution >= 4 is 22.4 Å². The number of aryl methyl sites for hydroxylation is 1. The summed E-state index contributed by atoms with van der Waals surface area (Å²) in [7, 11) is 0. The van der Waals surface area contributed by atoms with Crippen molar-refractivity contribution in [3.05, 3.63) is 29.3 Å². The highest BCUT2D eigenvalue weighted by atomic mass is 32.1. The van der Waals surface area contributed by atoms with Gasteiger partial charge in [0, 0.05) is 42.5 Å². The van der Waals surface area contributed by atoms with Gasteiger partial charge in [-0.05, 0) is 45.6 Å². The SMILES string of the molecule is CC(C(=O)Nc1nccs1)N1CCCC(c2ncc3n2CCCC3)C1. The predicted octanol–water partition coefficient (Wildman–Crippen LogP) is 2.88. The van der Waals surface area contributed by atoms with Crippen molar-refractivity contribution in [3.8, 4) is 0 Å². The van der Waals surface area contributed by atoms with Crippen LogP contribution in [0.4, 0.5) is 5.13 Å². The van der Waals surface area contributed by atoms with E-state index in [1.807, 2.05) is 12.3 Å². The molecule has 1 N–H and O–H groups in total. The Labute approximate surface area is 152 Å². The van der Waals surface area contributed by atoms with E-state index in [9.17, 15) is 4.79 Å². The summed E-state index contributed by atoms with van der Waals surface area (Å²) in [6.07, 6.45) is 9.72. The van der Waals surface area contributed by atoms with Crippen molar-refractivity contribution < 1.29 is 4.79 Å². The van der Waals surface area contributed by atoms with E-state index in [1.165, 1.54) is 35.7 Å². The molecule has 1 saturated heterocycles. The molecule has 2 aromatic heterocycles. The van der Waals surface area contributed by atoms with Crippen LogP contribution in [-0.4, -0.2) is 44.5 Å². The number of thiazole rings is 1. The molecule has 2 aromatic rings. The Kier molecular flexibility index (Phi) is 4.85. The smallest absolute Gasteiger partial charge is 0.243 e. The molecule has 0 radical (unpaired) electrons. The van der Waals surface area contributed by atoms with Crippen LogP contribution in [0.3, 0.4) is 0 Å². The van der Waals surface area contributed by atoms with Crippen LogP contribution in [0.15, 0.2) is 17.8 Å². The van der Waals surface area contributed by atoms with Crippen LogP contribution < -0.4 is 5.32 Å². The Morgan fingerprint density at radius 3 is 3.08 bits per heavy atom. The summed E-state index contributed by atoms with van der Waals surface area (Å²) >= 11 is 1.45. The third-order valence-electron chi connectivity index (χ3n) is 5.44. The lowest BCUT2D eigenvalue weighted by Crippen LogP contribution is -2.46. The van der Waals surface area contributed by atoms with Gasteiger partial charge in [0.15, 0.2) is 5.13 Å².